The summed E-state index contributed by atoms with van der Waals surface area (Å²) in [5.41, 5.74) is 1.45. The van der Waals surface area contributed by atoms with Gasteiger partial charge < -0.3 is 0 Å². The SMILES string of the molecule is CCn1nc(C)c(Cl)c1Cn1cncc(Br)c1=O. The zero-order chi connectivity index (χ0) is 13.3. The first kappa shape index (κ1) is 13.3. The van der Waals surface area contributed by atoms with Crippen LogP contribution in [0.2, 0.25) is 5.02 Å². The molecule has 0 aliphatic heterocycles. The van der Waals surface area contributed by atoms with Crippen molar-refractivity contribution in [2.45, 2.75) is 26.9 Å². The molecular weight excluding hydrogens is 320 g/mol. The Hall–Kier alpha value is -1.14. The highest BCUT2D eigenvalue weighted by atomic mass is 79.9. The smallest absolute Gasteiger partial charge is 0.267 e. The molecule has 2 aromatic rings. The largest absolute Gasteiger partial charge is 0.292 e. The molecule has 0 aliphatic carbocycles. The lowest BCUT2D eigenvalue weighted by molar-refractivity contribution is 0.587. The molecule has 0 radical (unpaired) electrons. The van der Waals surface area contributed by atoms with E-state index in [1.165, 1.54) is 17.1 Å². The Bertz CT molecular complexity index is 634. The maximum absolute atomic E-state index is 11.9. The second kappa shape index (κ2) is 5.24. The normalized spacial score (nSPS) is 10.9. The number of hydrogen-bond donors (Lipinski definition) is 0. The van der Waals surface area contributed by atoms with Gasteiger partial charge in [0.05, 0.1) is 29.3 Å². The summed E-state index contributed by atoms with van der Waals surface area (Å²) in [5, 5.41) is 4.91. The topological polar surface area (TPSA) is 52.7 Å². The van der Waals surface area contributed by atoms with E-state index in [9.17, 15) is 4.79 Å². The summed E-state index contributed by atoms with van der Waals surface area (Å²) in [5.74, 6) is 0. The van der Waals surface area contributed by atoms with Crippen LogP contribution < -0.4 is 5.56 Å². The summed E-state index contributed by atoms with van der Waals surface area (Å²) in [6, 6.07) is 0. The average Bonchev–Trinajstić information content (AvgIpc) is 2.62. The van der Waals surface area contributed by atoms with Gasteiger partial charge in [0.25, 0.3) is 5.56 Å². The van der Waals surface area contributed by atoms with Crippen LogP contribution in [0.15, 0.2) is 21.8 Å². The van der Waals surface area contributed by atoms with Crippen molar-refractivity contribution in [3.63, 3.8) is 0 Å². The molecule has 5 nitrogen and oxygen atoms in total. The fourth-order valence-electron chi connectivity index (χ4n) is 1.72. The van der Waals surface area contributed by atoms with Gasteiger partial charge in [0, 0.05) is 12.7 Å². The minimum Gasteiger partial charge on any atom is -0.292 e. The Morgan fingerprint density at radius 1 is 1.50 bits per heavy atom. The summed E-state index contributed by atoms with van der Waals surface area (Å²) in [4.78, 5) is 15.9. The third-order valence-corrected chi connectivity index (χ3v) is 3.67. The molecule has 2 heterocycles. The Morgan fingerprint density at radius 2 is 2.22 bits per heavy atom. The van der Waals surface area contributed by atoms with Crippen molar-refractivity contribution < 1.29 is 0 Å². The Balaban J connectivity index is 2.46. The van der Waals surface area contributed by atoms with E-state index in [1.807, 2.05) is 13.8 Å². The average molecular weight is 332 g/mol. The number of halogens is 2. The van der Waals surface area contributed by atoms with Gasteiger partial charge in [-0.15, -0.1) is 0 Å². The van der Waals surface area contributed by atoms with Crippen LogP contribution in [0.1, 0.15) is 18.3 Å². The molecule has 0 N–H and O–H groups in total. The maximum atomic E-state index is 11.9. The van der Waals surface area contributed by atoms with E-state index in [0.29, 0.717) is 22.6 Å². The molecule has 2 rings (SSSR count). The van der Waals surface area contributed by atoms with Gasteiger partial charge in [-0.1, -0.05) is 11.6 Å². The van der Waals surface area contributed by atoms with Crippen LogP contribution in [0.5, 0.6) is 0 Å². The molecule has 0 aromatic carbocycles. The maximum Gasteiger partial charge on any atom is 0.267 e. The van der Waals surface area contributed by atoms with Crippen LogP contribution in [0.25, 0.3) is 0 Å². The standard InChI is InChI=1S/C11H12BrClN4O/c1-3-17-9(10(13)7(2)15-17)5-16-6-14-4-8(12)11(16)18/h4,6H,3,5H2,1-2H3. The number of hydrogen-bond acceptors (Lipinski definition) is 3. The second-order valence-corrected chi connectivity index (χ2v) is 5.07. The molecule has 0 spiro atoms. The van der Waals surface area contributed by atoms with Gasteiger partial charge in [-0.05, 0) is 29.8 Å². The Kier molecular flexibility index (Phi) is 3.87. The van der Waals surface area contributed by atoms with Gasteiger partial charge in [0.15, 0.2) is 0 Å². The first-order valence-corrected chi connectivity index (χ1v) is 6.63. The van der Waals surface area contributed by atoms with Crippen molar-refractivity contribution in [1.29, 1.82) is 0 Å². The van der Waals surface area contributed by atoms with Crippen molar-refractivity contribution >= 4 is 27.5 Å². The van der Waals surface area contributed by atoms with Gasteiger partial charge in [0.2, 0.25) is 0 Å². The quantitative estimate of drug-likeness (QED) is 0.866. The fourth-order valence-corrected chi connectivity index (χ4v) is 2.26. The summed E-state index contributed by atoms with van der Waals surface area (Å²) in [7, 11) is 0. The molecular formula is C11H12BrClN4O. The van der Waals surface area contributed by atoms with Gasteiger partial charge in [-0.2, -0.15) is 5.10 Å². The molecule has 0 bridgehead atoms. The van der Waals surface area contributed by atoms with Crippen molar-refractivity contribution in [3.8, 4) is 0 Å². The fraction of sp³-hybridized carbons (Fsp3) is 0.364. The predicted molar refractivity (Wildman–Crippen MR) is 72.9 cm³/mol. The molecule has 0 aliphatic rings. The monoisotopic (exact) mass is 330 g/mol. The van der Waals surface area contributed by atoms with Crippen LogP contribution in [-0.4, -0.2) is 19.3 Å². The zero-order valence-corrected chi connectivity index (χ0v) is 12.4. The second-order valence-electron chi connectivity index (χ2n) is 3.84. The van der Waals surface area contributed by atoms with E-state index >= 15 is 0 Å². The molecule has 0 saturated carbocycles. The minimum absolute atomic E-state index is 0.137. The molecule has 0 unspecified atom stereocenters. The van der Waals surface area contributed by atoms with Crippen molar-refractivity contribution in [2.24, 2.45) is 0 Å². The van der Waals surface area contributed by atoms with Crippen LogP contribution in [0.4, 0.5) is 0 Å². The van der Waals surface area contributed by atoms with E-state index in [2.05, 4.69) is 26.0 Å². The van der Waals surface area contributed by atoms with Crippen LogP contribution in [0, 0.1) is 6.92 Å². The van der Waals surface area contributed by atoms with Crippen LogP contribution >= 0.6 is 27.5 Å². The van der Waals surface area contributed by atoms with Gasteiger partial charge in [0.1, 0.15) is 4.47 Å². The molecule has 2 aromatic heterocycles. The van der Waals surface area contributed by atoms with E-state index in [0.717, 1.165) is 11.4 Å². The molecule has 96 valence electrons. The molecule has 7 heteroatoms. The van der Waals surface area contributed by atoms with E-state index < -0.39 is 0 Å². The highest BCUT2D eigenvalue weighted by Crippen LogP contribution is 2.20. The number of aryl methyl sites for hydroxylation is 2. The van der Waals surface area contributed by atoms with Gasteiger partial charge in [-0.25, -0.2) is 4.98 Å². The summed E-state index contributed by atoms with van der Waals surface area (Å²) >= 11 is 9.37. The number of nitrogens with zero attached hydrogens (tertiary/aromatic N) is 4. The highest BCUT2D eigenvalue weighted by molar-refractivity contribution is 9.10. The summed E-state index contributed by atoms with van der Waals surface area (Å²) < 4.78 is 3.73. The number of rotatable bonds is 3. The first-order valence-electron chi connectivity index (χ1n) is 5.46. The third kappa shape index (κ3) is 2.35. The van der Waals surface area contributed by atoms with Crippen LogP contribution in [-0.2, 0) is 13.1 Å². The van der Waals surface area contributed by atoms with Crippen molar-refractivity contribution in [1.82, 2.24) is 19.3 Å². The lowest BCUT2D eigenvalue weighted by atomic mass is 10.3. The summed E-state index contributed by atoms with van der Waals surface area (Å²) in [6.07, 6.45) is 2.97. The minimum atomic E-state index is -0.137. The molecule has 0 saturated heterocycles. The highest BCUT2D eigenvalue weighted by Gasteiger charge is 2.14. The van der Waals surface area contributed by atoms with Crippen molar-refractivity contribution in [3.05, 3.63) is 43.8 Å². The van der Waals surface area contributed by atoms with Crippen molar-refractivity contribution in [2.75, 3.05) is 0 Å². The van der Waals surface area contributed by atoms with E-state index in [1.54, 1.807) is 4.68 Å². The lowest BCUT2D eigenvalue weighted by Crippen LogP contribution is -2.22. The lowest BCUT2D eigenvalue weighted by Gasteiger charge is -2.07. The third-order valence-electron chi connectivity index (χ3n) is 2.63. The van der Waals surface area contributed by atoms with E-state index in [4.69, 9.17) is 11.6 Å². The number of aromatic nitrogens is 4. The summed E-state index contributed by atoms with van der Waals surface area (Å²) in [6.45, 7) is 4.89. The Morgan fingerprint density at radius 3 is 2.89 bits per heavy atom. The van der Waals surface area contributed by atoms with Crippen LogP contribution in [0.3, 0.4) is 0 Å². The Labute approximate surface area is 118 Å². The van der Waals surface area contributed by atoms with E-state index in [-0.39, 0.29) is 5.56 Å². The first-order chi connectivity index (χ1) is 8.54. The molecule has 18 heavy (non-hydrogen) atoms. The zero-order valence-electron chi connectivity index (χ0n) is 10.0. The van der Waals surface area contributed by atoms with Gasteiger partial charge >= 0.3 is 0 Å². The molecule has 0 amide bonds. The molecule has 0 atom stereocenters. The predicted octanol–water partition coefficient (Wildman–Crippen LogP) is 2.23. The van der Waals surface area contributed by atoms with Gasteiger partial charge in [-0.3, -0.25) is 14.0 Å². The molecule has 0 fully saturated rings.